The Balaban J connectivity index is 1.96. The predicted octanol–water partition coefficient (Wildman–Crippen LogP) is 4.32. The molecule has 1 atom stereocenters. The van der Waals surface area contributed by atoms with Gasteiger partial charge in [0.2, 0.25) is 0 Å². The lowest BCUT2D eigenvalue weighted by atomic mass is 9.93. The van der Waals surface area contributed by atoms with Crippen molar-refractivity contribution in [2.24, 2.45) is 5.73 Å². The molecule has 2 aromatic rings. The maximum Gasteiger partial charge on any atom is 0.0944 e. The van der Waals surface area contributed by atoms with Gasteiger partial charge < -0.3 is 5.73 Å². The average molecular weight is 353 g/mol. The first kappa shape index (κ1) is 15.7. The van der Waals surface area contributed by atoms with E-state index in [0.717, 1.165) is 28.0 Å². The SMILES string of the molecule is CC(C)(C)c1csc(CC(N)Cc2ccc(Br)cc2)n1. The summed E-state index contributed by atoms with van der Waals surface area (Å²) in [7, 11) is 0. The van der Waals surface area contributed by atoms with Crippen LogP contribution in [-0.2, 0) is 18.3 Å². The predicted molar refractivity (Wildman–Crippen MR) is 90.3 cm³/mol. The molecule has 0 radical (unpaired) electrons. The Kier molecular flexibility index (Phi) is 4.99. The third-order valence-corrected chi connectivity index (χ3v) is 4.57. The van der Waals surface area contributed by atoms with Gasteiger partial charge in [-0.2, -0.15) is 0 Å². The van der Waals surface area contributed by atoms with Crippen LogP contribution in [0.3, 0.4) is 0 Å². The molecule has 0 spiro atoms. The van der Waals surface area contributed by atoms with Crippen molar-refractivity contribution in [3.63, 3.8) is 0 Å². The zero-order valence-electron chi connectivity index (χ0n) is 12.2. The van der Waals surface area contributed by atoms with Gasteiger partial charge in [-0.05, 0) is 24.1 Å². The Bertz CT molecular complexity index is 555. The molecule has 2 N–H and O–H groups in total. The second-order valence-electron chi connectivity index (χ2n) is 6.17. The number of hydrogen-bond donors (Lipinski definition) is 1. The van der Waals surface area contributed by atoms with Crippen molar-refractivity contribution >= 4 is 27.3 Å². The first-order valence-electron chi connectivity index (χ1n) is 6.79. The molecule has 20 heavy (non-hydrogen) atoms. The number of aromatic nitrogens is 1. The molecule has 0 aliphatic heterocycles. The second-order valence-corrected chi connectivity index (χ2v) is 8.03. The van der Waals surface area contributed by atoms with Crippen molar-refractivity contribution < 1.29 is 0 Å². The molecule has 4 heteroatoms. The molecule has 0 aliphatic carbocycles. The van der Waals surface area contributed by atoms with Gasteiger partial charge in [-0.3, -0.25) is 0 Å². The van der Waals surface area contributed by atoms with Crippen LogP contribution in [0.15, 0.2) is 34.1 Å². The van der Waals surface area contributed by atoms with Crippen LogP contribution in [0.25, 0.3) is 0 Å². The minimum absolute atomic E-state index is 0.116. The molecular formula is C16H21BrN2S. The van der Waals surface area contributed by atoms with Gasteiger partial charge in [0.15, 0.2) is 0 Å². The fraction of sp³-hybridized carbons (Fsp3) is 0.438. The van der Waals surface area contributed by atoms with Crippen LogP contribution in [0.4, 0.5) is 0 Å². The standard InChI is InChI=1S/C16H21BrN2S/c1-16(2,3)14-10-20-15(19-14)9-13(18)8-11-4-6-12(17)7-5-11/h4-7,10,13H,8-9,18H2,1-3H3. The molecule has 108 valence electrons. The number of benzene rings is 1. The third-order valence-electron chi connectivity index (χ3n) is 3.17. The molecule has 1 heterocycles. The molecule has 1 aromatic carbocycles. The summed E-state index contributed by atoms with van der Waals surface area (Å²) in [5, 5.41) is 3.29. The van der Waals surface area contributed by atoms with Crippen molar-refractivity contribution in [3.8, 4) is 0 Å². The minimum Gasteiger partial charge on any atom is -0.327 e. The van der Waals surface area contributed by atoms with Gasteiger partial charge >= 0.3 is 0 Å². The largest absolute Gasteiger partial charge is 0.327 e. The third kappa shape index (κ3) is 4.40. The van der Waals surface area contributed by atoms with Crippen molar-refractivity contribution in [2.75, 3.05) is 0 Å². The van der Waals surface area contributed by atoms with Gasteiger partial charge in [-0.1, -0.05) is 48.8 Å². The van der Waals surface area contributed by atoms with E-state index < -0.39 is 0 Å². The van der Waals surface area contributed by atoms with E-state index in [-0.39, 0.29) is 11.5 Å². The Labute approximate surface area is 133 Å². The molecule has 0 amide bonds. The van der Waals surface area contributed by atoms with Crippen LogP contribution < -0.4 is 5.73 Å². The molecule has 0 saturated heterocycles. The van der Waals surface area contributed by atoms with Gasteiger partial charge in [0.05, 0.1) is 10.7 Å². The van der Waals surface area contributed by atoms with Crippen LogP contribution in [0.2, 0.25) is 0 Å². The monoisotopic (exact) mass is 352 g/mol. The number of rotatable bonds is 4. The molecule has 0 aliphatic rings. The topological polar surface area (TPSA) is 38.9 Å². The zero-order valence-corrected chi connectivity index (χ0v) is 14.6. The first-order chi connectivity index (χ1) is 9.34. The molecule has 2 nitrogen and oxygen atoms in total. The van der Waals surface area contributed by atoms with E-state index in [1.165, 1.54) is 5.56 Å². The van der Waals surface area contributed by atoms with Crippen molar-refractivity contribution in [3.05, 3.63) is 50.4 Å². The summed E-state index contributed by atoms with van der Waals surface area (Å²) in [5.74, 6) is 0. The Morgan fingerprint density at radius 1 is 1.20 bits per heavy atom. The Hall–Kier alpha value is -0.710. The van der Waals surface area contributed by atoms with Gasteiger partial charge in [-0.15, -0.1) is 11.3 Å². The Morgan fingerprint density at radius 2 is 1.85 bits per heavy atom. The first-order valence-corrected chi connectivity index (χ1v) is 8.47. The van der Waals surface area contributed by atoms with Crippen LogP contribution in [0.1, 0.15) is 37.0 Å². The lowest BCUT2D eigenvalue weighted by Gasteiger charge is -2.14. The van der Waals surface area contributed by atoms with Gasteiger partial charge in [0.1, 0.15) is 0 Å². The lowest BCUT2D eigenvalue weighted by Crippen LogP contribution is -2.25. The van der Waals surface area contributed by atoms with E-state index in [0.29, 0.717) is 0 Å². The maximum absolute atomic E-state index is 6.25. The van der Waals surface area contributed by atoms with E-state index >= 15 is 0 Å². The fourth-order valence-electron chi connectivity index (χ4n) is 1.97. The van der Waals surface area contributed by atoms with E-state index in [1.54, 1.807) is 11.3 Å². The number of nitrogens with zero attached hydrogens (tertiary/aromatic N) is 1. The van der Waals surface area contributed by atoms with Crippen LogP contribution in [0, 0.1) is 0 Å². The molecule has 1 aromatic heterocycles. The summed E-state index contributed by atoms with van der Waals surface area (Å²) >= 11 is 5.17. The highest BCUT2D eigenvalue weighted by atomic mass is 79.9. The molecule has 1 unspecified atom stereocenters. The van der Waals surface area contributed by atoms with Crippen molar-refractivity contribution in [2.45, 2.75) is 45.1 Å². The zero-order chi connectivity index (χ0) is 14.8. The van der Waals surface area contributed by atoms with Gasteiger partial charge in [0, 0.05) is 27.7 Å². The highest BCUT2D eigenvalue weighted by molar-refractivity contribution is 9.10. The summed E-state index contributed by atoms with van der Waals surface area (Å²) in [6, 6.07) is 8.47. The molecule has 2 rings (SSSR count). The summed E-state index contributed by atoms with van der Waals surface area (Å²) in [5.41, 5.74) is 8.80. The lowest BCUT2D eigenvalue weighted by molar-refractivity contribution is 0.567. The van der Waals surface area contributed by atoms with Gasteiger partial charge in [-0.25, -0.2) is 4.98 Å². The van der Waals surface area contributed by atoms with Crippen LogP contribution >= 0.6 is 27.3 Å². The summed E-state index contributed by atoms with van der Waals surface area (Å²) < 4.78 is 1.10. The van der Waals surface area contributed by atoms with Crippen molar-refractivity contribution in [1.29, 1.82) is 0 Å². The maximum atomic E-state index is 6.25. The minimum atomic E-state index is 0.116. The number of nitrogens with two attached hydrogens (primary N) is 1. The summed E-state index contributed by atoms with van der Waals surface area (Å²) in [4.78, 5) is 4.71. The quantitative estimate of drug-likeness (QED) is 0.889. The highest BCUT2D eigenvalue weighted by Gasteiger charge is 2.18. The fourth-order valence-corrected chi connectivity index (χ4v) is 3.35. The van der Waals surface area contributed by atoms with Crippen LogP contribution in [-0.4, -0.2) is 11.0 Å². The summed E-state index contributed by atoms with van der Waals surface area (Å²) in [6.07, 6.45) is 1.73. The molecular weight excluding hydrogens is 332 g/mol. The molecule has 0 fully saturated rings. The molecule has 0 saturated carbocycles. The highest BCUT2D eigenvalue weighted by Crippen LogP contribution is 2.24. The number of thiazole rings is 1. The van der Waals surface area contributed by atoms with Crippen LogP contribution in [0.5, 0.6) is 0 Å². The van der Waals surface area contributed by atoms with Crippen molar-refractivity contribution in [1.82, 2.24) is 4.98 Å². The van der Waals surface area contributed by atoms with E-state index in [1.807, 2.05) is 0 Å². The summed E-state index contributed by atoms with van der Waals surface area (Å²) in [6.45, 7) is 6.56. The normalized spacial score (nSPS) is 13.4. The van der Waals surface area contributed by atoms with E-state index in [9.17, 15) is 0 Å². The van der Waals surface area contributed by atoms with E-state index in [4.69, 9.17) is 10.7 Å². The van der Waals surface area contributed by atoms with Gasteiger partial charge in [0.25, 0.3) is 0 Å². The number of hydrogen-bond acceptors (Lipinski definition) is 3. The molecule has 0 bridgehead atoms. The average Bonchev–Trinajstić information content (AvgIpc) is 2.80. The Morgan fingerprint density at radius 3 is 2.40 bits per heavy atom. The number of halogens is 1. The smallest absolute Gasteiger partial charge is 0.0944 e. The second kappa shape index (κ2) is 6.37. The van der Waals surface area contributed by atoms with E-state index in [2.05, 4.69) is 66.3 Å².